The van der Waals surface area contributed by atoms with E-state index in [0.717, 1.165) is 56.6 Å². The molecule has 5 fully saturated rings. The molecule has 1 aliphatic carbocycles. The molecule has 7 rings (SSSR count). The molecule has 6 heteroatoms. The van der Waals surface area contributed by atoms with Crippen LogP contribution < -0.4 is 14.4 Å². The van der Waals surface area contributed by atoms with Crippen LogP contribution in [0, 0.1) is 11.8 Å². The van der Waals surface area contributed by atoms with Crippen LogP contribution >= 0.6 is 0 Å². The number of fused-ring (bicyclic) bond motifs is 5. The molecule has 1 aromatic carbocycles. The van der Waals surface area contributed by atoms with Crippen LogP contribution in [0.15, 0.2) is 18.2 Å². The van der Waals surface area contributed by atoms with E-state index in [1.807, 2.05) is 6.07 Å². The topological polar surface area (TPSA) is 45.3 Å². The quantitative estimate of drug-likeness (QED) is 0.782. The van der Waals surface area contributed by atoms with Crippen molar-refractivity contribution in [2.75, 3.05) is 44.4 Å². The molecule has 29 heavy (non-hydrogen) atoms. The number of rotatable bonds is 4. The van der Waals surface area contributed by atoms with E-state index in [4.69, 9.17) is 9.47 Å². The standard InChI is InChI=1S/C23H31N3O3/c27-23-17-3-4-20(26(23)12-16-1-2-16)14-25(13-17)18-7-9-24(10-8-18)19-5-6-21-22(11-19)29-15-28-21/h5-6,11,16-18,20H,1-4,7-10,12-15H2. The Morgan fingerprint density at radius 1 is 0.897 bits per heavy atom. The zero-order chi connectivity index (χ0) is 19.4. The number of carbonyl (C=O) groups is 1. The summed E-state index contributed by atoms with van der Waals surface area (Å²) in [5.74, 6) is 3.19. The van der Waals surface area contributed by atoms with Gasteiger partial charge in [0.05, 0.1) is 5.92 Å². The summed E-state index contributed by atoms with van der Waals surface area (Å²) in [4.78, 5) is 20.4. The maximum absolute atomic E-state index is 13.0. The molecular weight excluding hydrogens is 366 g/mol. The number of hydrogen-bond donors (Lipinski definition) is 0. The molecule has 0 N–H and O–H groups in total. The van der Waals surface area contributed by atoms with Crippen LogP contribution in [-0.2, 0) is 4.79 Å². The first-order chi connectivity index (χ1) is 14.2. The van der Waals surface area contributed by atoms with Crippen molar-refractivity contribution in [3.63, 3.8) is 0 Å². The van der Waals surface area contributed by atoms with Crippen LogP contribution in [0.25, 0.3) is 0 Å². The summed E-state index contributed by atoms with van der Waals surface area (Å²) in [6.07, 6.45) is 7.29. The van der Waals surface area contributed by atoms with E-state index < -0.39 is 0 Å². The molecule has 5 heterocycles. The first kappa shape index (κ1) is 17.9. The monoisotopic (exact) mass is 397 g/mol. The molecule has 156 valence electrons. The number of nitrogens with zero attached hydrogens (tertiary/aromatic N) is 3. The summed E-state index contributed by atoms with van der Waals surface area (Å²) in [6, 6.07) is 7.35. The van der Waals surface area contributed by atoms with Crippen molar-refractivity contribution in [1.29, 1.82) is 0 Å². The average molecular weight is 398 g/mol. The molecule has 0 spiro atoms. The molecule has 2 atom stereocenters. The average Bonchev–Trinajstić information content (AvgIpc) is 3.51. The number of benzene rings is 1. The Bertz CT molecular complexity index is 788. The number of amides is 1. The number of hydrogen-bond acceptors (Lipinski definition) is 5. The van der Waals surface area contributed by atoms with Gasteiger partial charge in [0.1, 0.15) is 0 Å². The van der Waals surface area contributed by atoms with Crippen LogP contribution in [0.5, 0.6) is 11.5 Å². The molecule has 5 aliphatic heterocycles. The molecule has 1 amide bonds. The lowest BCUT2D eigenvalue weighted by atomic mass is 9.93. The number of ether oxygens (including phenoxy) is 2. The summed E-state index contributed by atoms with van der Waals surface area (Å²) in [6.45, 7) is 5.55. The zero-order valence-corrected chi connectivity index (χ0v) is 17.1. The Morgan fingerprint density at radius 2 is 1.72 bits per heavy atom. The van der Waals surface area contributed by atoms with E-state index in [1.54, 1.807) is 0 Å². The van der Waals surface area contributed by atoms with Crippen molar-refractivity contribution in [1.82, 2.24) is 9.80 Å². The molecule has 0 aromatic heterocycles. The maximum Gasteiger partial charge on any atom is 0.231 e. The second-order valence-electron chi connectivity index (χ2n) is 9.57. The van der Waals surface area contributed by atoms with Gasteiger partial charge in [-0.15, -0.1) is 0 Å². The summed E-state index contributed by atoms with van der Waals surface area (Å²) < 4.78 is 11.0. The predicted octanol–water partition coefficient (Wildman–Crippen LogP) is 2.72. The lowest BCUT2D eigenvalue weighted by molar-refractivity contribution is -0.140. The van der Waals surface area contributed by atoms with Gasteiger partial charge in [-0.25, -0.2) is 0 Å². The van der Waals surface area contributed by atoms with E-state index in [2.05, 4.69) is 26.8 Å². The molecule has 0 radical (unpaired) electrons. The highest BCUT2D eigenvalue weighted by molar-refractivity contribution is 5.80. The van der Waals surface area contributed by atoms with Crippen molar-refractivity contribution >= 4 is 11.6 Å². The Kier molecular flexibility index (Phi) is 4.36. The van der Waals surface area contributed by atoms with Gasteiger partial charge in [0.15, 0.2) is 11.5 Å². The Morgan fingerprint density at radius 3 is 2.55 bits per heavy atom. The lowest BCUT2D eigenvalue weighted by Crippen LogP contribution is -2.49. The van der Waals surface area contributed by atoms with E-state index in [-0.39, 0.29) is 5.92 Å². The summed E-state index contributed by atoms with van der Waals surface area (Å²) >= 11 is 0. The minimum Gasteiger partial charge on any atom is -0.454 e. The zero-order valence-electron chi connectivity index (χ0n) is 17.1. The fraction of sp³-hybridized carbons (Fsp3) is 0.696. The fourth-order valence-electron chi connectivity index (χ4n) is 5.76. The molecule has 2 unspecified atom stereocenters. The molecular formula is C23H31N3O3. The van der Waals surface area contributed by atoms with Gasteiger partial charge in [0.25, 0.3) is 0 Å². The van der Waals surface area contributed by atoms with Gasteiger partial charge in [0, 0.05) is 56.6 Å². The minimum atomic E-state index is 0.236. The normalized spacial score (nSPS) is 30.1. The van der Waals surface area contributed by atoms with Crippen molar-refractivity contribution in [3.8, 4) is 11.5 Å². The van der Waals surface area contributed by atoms with Crippen LogP contribution in [0.3, 0.4) is 0 Å². The van der Waals surface area contributed by atoms with E-state index >= 15 is 0 Å². The molecule has 6 aliphatic rings. The highest BCUT2D eigenvalue weighted by Gasteiger charge is 2.44. The molecule has 1 saturated carbocycles. The smallest absolute Gasteiger partial charge is 0.231 e. The van der Waals surface area contributed by atoms with Crippen molar-refractivity contribution in [2.45, 2.75) is 50.6 Å². The van der Waals surface area contributed by atoms with Crippen molar-refractivity contribution in [3.05, 3.63) is 18.2 Å². The third kappa shape index (κ3) is 3.35. The Balaban J connectivity index is 1.11. The van der Waals surface area contributed by atoms with Crippen LogP contribution in [0.2, 0.25) is 0 Å². The molecule has 1 aromatic rings. The van der Waals surface area contributed by atoms with Gasteiger partial charge in [-0.05, 0) is 56.6 Å². The largest absolute Gasteiger partial charge is 0.454 e. The Hall–Kier alpha value is -1.95. The highest BCUT2D eigenvalue weighted by Crippen LogP contribution is 2.38. The number of piperidine rings is 2. The second-order valence-corrected chi connectivity index (χ2v) is 9.57. The number of carbonyl (C=O) groups excluding carboxylic acids is 1. The van der Waals surface area contributed by atoms with Gasteiger partial charge >= 0.3 is 0 Å². The second kappa shape index (κ2) is 7.08. The van der Waals surface area contributed by atoms with E-state index in [9.17, 15) is 4.79 Å². The van der Waals surface area contributed by atoms with Gasteiger partial charge in [-0.1, -0.05) is 0 Å². The van der Waals surface area contributed by atoms with E-state index in [1.165, 1.54) is 37.8 Å². The van der Waals surface area contributed by atoms with E-state index in [0.29, 0.717) is 24.8 Å². The third-order valence-electron chi connectivity index (χ3n) is 7.68. The molecule has 6 nitrogen and oxygen atoms in total. The molecule has 2 bridgehead atoms. The van der Waals surface area contributed by atoms with Crippen LogP contribution in [-0.4, -0.2) is 67.3 Å². The van der Waals surface area contributed by atoms with Crippen LogP contribution in [0.4, 0.5) is 5.69 Å². The lowest BCUT2D eigenvalue weighted by Gasteiger charge is -2.40. The van der Waals surface area contributed by atoms with Gasteiger partial charge in [-0.2, -0.15) is 0 Å². The summed E-state index contributed by atoms with van der Waals surface area (Å²) in [7, 11) is 0. The van der Waals surface area contributed by atoms with Crippen molar-refractivity contribution < 1.29 is 14.3 Å². The first-order valence-electron chi connectivity index (χ1n) is 11.4. The van der Waals surface area contributed by atoms with Crippen LogP contribution in [0.1, 0.15) is 38.5 Å². The Labute approximate surface area is 172 Å². The minimum absolute atomic E-state index is 0.236. The predicted molar refractivity (Wildman–Crippen MR) is 110 cm³/mol. The maximum atomic E-state index is 13.0. The summed E-state index contributed by atoms with van der Waals surface area (Å²) in [5.41, 5.74) is 1.23. The third-order valence-corrected chi connectivity index (χ3v) is 7.68. The van der Waals surface area contributed by atoms with Crippen molar-refractivity contribution in [2.24, 2.45) is 11.8 Å². The fourth-order valence-corrected chi connectivity index (χ4v) is 5.76. The summed E-state index contributed by atoms with van der Waals surface area (Å²) in [5, 5.41) is 0. The molecule has 4 saturated heterocycles. The van der Waals surface area contributed by atoms with Gasteiger partial charge < -0.3 is 19.3 Å². The van der Waals surface area contributed by atoms with Gasteiger partial charge in [0.2, 0.25) is 12.7 Å². The van der Waals surface area contributed by atoms with Gasteiger partial charge in [-0.3, -0.25) is 9.69 Å². The SMILES string of the molecule is O=C1C2CCC(CN(C3CCN(c4ccc5c(c4)OCO5)CC3)C2)N1CC1CC1. The number of anilines is 1. The first-order valence-corrected chi connectivity index (χ1v) is 11.4. The highest BCUT2D eigenvalue weighted by atomic mass is 16.7.